The van der Waals surface area contributed by atoms with Crippen LogP contribution in [0.25, 0.3) is 4.85 Å². The highest BCUT2D eigenvalue weighted by Crippen LogP contribution is 2.39. The molecule has 9 heteroatoms. The topological polar surface area (TPSA) is 104 Å². The van der Waals surface area contributed by atoms with Gasteiger partial charge in [-0.2, -0.15) is 5.10 Å². The molecule has 0 aromatic carbocycles. The zero-order valence-corrected chi connectivity index (χ0v) is 18.4. The Hall–Kier alpha value is -3.64. The summed E-state index contributed by atoms with van der Waals surface area (Å²) in [6.07, 6.45) is 3.74. The van der Waals surface area contributed by atoms with Crippen LogP contribution >= 0.6 is 0 Å². The van der Waals surface area contributed by atoms with Crippen LogP contribution in [0.2, 0.25) is 0 Å². The van der Waals surface area contributed by atoms with Crippen molar-refractivity contribution in [3.8, 4) is 5.75 Å². The van der Waals surface area contributed by atoms with Crippen molar-refractivity contribution in [2.75, 3.05) is 36.9 Å². The van der Waals surface area contributed by atoms with Gasteiger partial charge in [0.05, 0.1) is 12.3 Å². The second-order valence-corrected chi connectivity index (χ2v) is 7.85. The fraction of sp³-hybridized carbons (Fsp3) is 0.391. The van der Waals surface area contributed by atoms with Gasteiger partial charge in [-0.25, -0.2) is 9.83 Å². The molecule has 1 aliphatic rings. The molecule has 9 nitrogen and oxygen atoms in total. The van der Waals surface area contributed by atoms with E-state index >= 15 is 0 Å². The second-order valence-electron chi connectivity index (χ2n) is 7.85. The molecule has 32 heavy (non-hydrogen) atoms. The maximum atomic E-state index is 7.83. The fourth-order valence-corrected chi connectivity index (χ4v) is 3.87. The summed E-state index contributed by atoms with van der Waals surface area (Å²) in [6, 6.07) is 7.67. The van der Waals surface area contributed by atoms with E-state index in [1.165, 1.54) is 0 Å². The van der Waals surface area contributed by atoms with Crippen molar-refractivity contribution < 1.29 is 4.74 Å². The van der Waals surface area contributed by atoms with E-state index in [-0.39, 0.29) is 0 Å². The molecular formula is C23H28N8O. The lowest BCUT2D eigenvalue weighted by atomic mass is 9.89. The number of piperidine rings is 1. The third-order valence-electron chi connectivity index (χ3n) is 5.49. The van der Waals surface area contributed by atoms with Crippen LogP contribution in [0.15, 0.2) is 30.5 Å². The van der Waals surface area contributed by atoms with Crippen LogP contribution in [0, 0.1) is 20.4 Å². The lowest BCUT2D eigenvalue weighted by molar-refractivity contribution is 0.329. The van der Waals surface area contributed by atoms with E-state index in [1.54, 1.807) is 6.20 Å². The van der Waals surface area contributed by atoms with Gasteiger partial charge in [0, 0.05) is 24.5 Å². The number of aryl methyl sites for hydroxylation is 2. The molecule has 1 fully saturated rings. The molecule has 1 aliphatic heterocycles. The summed E-state index contributed by atoms with van der Waals surface area (Å²) in [7, 11) is 0. The Morgan fingerprint density at radius 1 is 1.22 bits per heavy atom. The van der Waals surface area contributed by atoms with Crippen LogP contribution in [0.4, 0.5) is 23.1 Å². The average molecular weight is 433 g/mol. The van der Waals surface area contributed by atoms with Gasteiger partial charge in [0.25, 0.3) is 0 Å². The van der Waals surface area contributed by atoms with Gasteiger partial charge in [0.2, 0.25) is 5.69 Å². The van der Waals surface area contributed by atoms with Gasteiger partial charge in [-0.05, 0) is 69.5 Å². The van der Waals surface area contributed by atoms with E-state index in [0.29, 0.717) is 42.2 Å². The number of pyridine rings is 2. The minimum atomic E-state index is 0.319. The van der Waals surface area contributed by atoms with E-state index in [9.17, 15) is 0 Å². The van der Waals surface area contributed by atoms with Crippen molar-refractivity contribution >= 4 is 23.1 Å². The van der Waals surface area contributed by atoms with Crippen LogP contribution in [-0.2, 0) is 0 Å². The average Bonchev–Trinajstić information content (AvgIpc) is 3.22. The first-order valence-corrected chi connectivity index (χ1v) is 10.8. The summed E-state index contributed by atoms with van der Waals surface area (Å²) in [5, 5.41) is 17.2. The third-order valence-corrected chi connectivity index (χ3v) is 5.49. The van der Waals surface area contributed by atoms with Gasteiger partial charge in [-0.1, -0.05) is 0 Å². The fourth-order valence-electron chi connectivity index (χ4n) is 3.87. The highest BCUT2D eigenvalue weighted by atomic mass is 16.5. The number of anilines is 3. The highest BCUT2D eigenvalue weighted by molar-refractivity contribution is 5.74. The maximum absolute atomic E-state index is 7.83. The largest absolute Gasteiger partial charge is 0.490 e. The Bertz CT molecular complexity index is 1100. The molecule has 0 amide bonds. The molecule has 0 radical (unpaired) electrons. The van der Waals surface area contributed by atoms with Gasteiger partial charge >= 0.3 is 0 Å². The number of nitrogens with one attached hydrogen (secondary N) is 4. The zero-order valence-electron chi connectivity index (χ0n) is 18.4. The van der Waals surface area contributed by atoms with E-state index in [2.05, 4.69) is 36.0 Å². The van der Waals surface area contributed by atoms with Gasteiger partial charge in [-0.15, -0.1) is 0 Å². The molecule has 0 spiro atoms. The van der Waals surface area contributed by atoms with Crippen molar-refractivity contribution in [1.82, 2.24) is 25.5 Å². The van der Waals surface area contributed by atoms with Crippen molar-refractivity contribution in [2.24, 2.45) is 0 Å². The molecule has 0 unspecified atom stereocenters. The SMILES string of the molecule is [C-]#[N+]c1c(C2CCNCC2)cc(Nc2cc(C)[nH]n2)nc1NCCOc1cccnc1C. The van der Waals surface area contributed by atoms with Crippen molar-refractivity contribution in [3.05, 3.63) is 58.8 Å². The highest BCUT2D eigenvalue weighted by Gasteiger charge is 2.22. The number of H-pyrrole nitrogens is 1. The first kappa shape index (κ1) is 21.6. The number of aromatic amines is 1. The first-order valence-electron chi connectivity index (χ1n) is 10.8. The standard InChI is InChI=1S/C23H28N8O/c1-15-13-21(31-30-15)28-20-14-18(17-6-9-25-10-7-17)22(24-3)23(29-20)27-11-12-32-19-5-4-8-26-16(19)2/h4-5,8,13-14,17,25H,6-7,9-12H2,1-2H3,(H3,27,28,29,30,31). The predicted molar refractivity (Wildman–Crippen MR) is 125 cm³/mol. The Morgan fingerprint density at radius 2 is 2.06 bits per heavy atom. The van der Waals surface area contributed by atoms with Crippen molar-refractivity contribution in [1.29, 1.82) is 0 Å². The molecule has 0 aliphatic carbocycles. The minimum absolute atomic E-state index is 0.319. The monoisotopic (exact) mass is 432 g/mol. The smallest absolute Gasteiger partial charge is 0.231 e. The molecule has 4 N–H and O–H groups in total. The summed E-state index contributed by atoms with van der Waals surface area (Å²) in [5.41, 5.74) is 3.42. The summed E-state index contributed by atoms with van der Waals surface area (Å²) >= 11 is 0. The Kier molecular flexibility index (Phi) is 6.82. The van der Waals surface area contributed by atoms with Crippen LogP contribution in [0.3, 0.4) is 0 Å². The number of aromatic nitrogens is 4. The number of nitrogens with zero attached hydrogens (tertiary/aromatic N) is 4. The number of rotatable bonds is 8. The second kappa shape index (κ2) is 10.1. The molecule has 3 aromatic heterocycles. The van der Waals surface area contributed by atoms with E-state index < -0.39 is 0 Å². The number of hydrogen-bond acceptors (Lipinski definition) is 7. The molecule has 1 saturated heterocycles. The Balaban J connectivity index is 1.55. The number of hydrogen-bond donors (Lipinski definition) is 4. The van der Waals surface area contributed by atoms with Crippen molar-refractivity contribution in [3.63, 3.8) is 0 Å². The molecule has 0 bridgehead atoms. The molecular weight excluding hydrogens is 404 g/mol. The molecule has 3 aromatic rings. The number of ether oxygens (including phenoxy) is 1. The summed E-state index contributed by atoms with van der Waals surface area (Å²) in [6.45, 7) is 14.6. The van der Waals surface area contributed by atoms with E-state index in [4.69, 9.17) is 16.3 Å². The molecule has 0 atom stereocenters. The lowest BCUT2D eigenvalue weighted by Gasteiger charge is -2.25. The predicted octanol–water partition coefficient (Wildman–Crippen LogP) is 4.07. The lowest BCUT2D eigenvalue weighted by Crippen LogP contribution is -2.26. The molecule has 0 saturated carbocycles. The van der Waals surface area contributed by atoms with Gasteiger partial charge in [0.1, 0.15) is 24.0 Å². The van der Waals surface area contributed by atoms with E-state index in [0.717, 1.165) is 48.6 Å². The minimum Gasteiger partial charge on any atom is -0.490 e. The molecule has 166 valence electrons. The Morgan fingerprint density at radius 3 is 2.78 bits per heavy atom. The normalized spacial score (nSPS) is 14.0. The molecule has 4 rings (SSSR count). The zero-order chi connectivity index (χ0) is 22.3. The molecule has 4 heterocycles. The van der Waals surface area contributed by atoms with Gasteiger partial charge in [-0.3, -0.25) is 10.1 Å². The van der Waals surface area contributed by atoms with Crippen LogP contribution < -0.4 is 20.7 Å². The van der Waals surface area contributed by atoms with E-state index in [1.807, 2.05) is 38.1 Å². The van der Waals surface area contributed by atoms with Crippen molar-refractivity contribution in [2.45, 2.75) is 32.6 Å². The quantitative estimate of drug-likeness (QED) is 0.314. The van der Waals surface area contributed by atoms with Gasteiger partial charge < -0.3 is 20.7 Å². The summed E-state index contributed by atoms with van der Waals surface area (Å²) in [4.78, 5) is 12.8. The first-order chi connectivity index (χ1) is 15.6. The maximum Gasteiger partial charge on any atom is 0.231 e. The van der Waals surface area contributed by atoms with Crippen LogP contribution in [-0.4, -0.2) is 46.4 Å². The summed E-state index contributed by atoms with van der Waals surface area (Å²) in [5.74, 6) is 3.01. The Labute approximate surface area is 187 Å². The van der Waals surface area contributed by atoms with Crippen LogP contribution in [0.1, 0.15) is 35.7 Å². The van der Waals surface area contributed by atoms with Gasteiger partial charge in [0.15, 0.2) is 5.82 Å². The third kappa shape index (κ3) is 5.15. The van der Waals surface area contributed by atoms with Crippen LogP contribution in [0.5, 0.6) is 5.75 Å². The summed E-state index contributed by atoms with van der Waals surface area (Å²) < 4.78 is 5.84.